The van der Waals surface area contributed by atoms with Crippen LogP contribution in [0, 0.1) is 11.8 Å². The first-order valence-electron chi connectivity index (χ1n) is 17.0. The molecule has 1 spiro atoms. The molecule has 4 rings (SSSR count). The van der Waals surface area contributed by atoms with Gasteiger partial charge in [0.05, 0.1) is 0 Å². The molecule has 2 aromatic rings. The largest absolute Gasteiger partial charge is 0.508 e. The molecule has 41 heavy (non-hydrogen) atoms. The monoisotopic (exact) mass is 560 g/mol. The molecule has 2 N–H and O–H groups in total. The molecular formula is C39H60O2. The standard InChI is InChI=1S/C39H60O2/c1-27(2)17-13-9-11-15-19-29-21-31-33(23-35(29)40)39(25-37(31,5)6)26-38(7,8)32-22-30(36(41)24-34(32)39)20-16-12-10-14-18-28(3)4/h21-24,27-28,40-41H,9-20,25-26H2,1-8H3. The zero-order valence-corrected chi connectivity index (χ0v) is 27.8. The molecule has 0 aliphatic heterocycles. The third kappa shape index (κ3) is 7.00. The highest BCUT2D eigenvalue weighted by Crippen LogP contribution is 2.64. The fourth-order valence-electron chi connectivity index (χ4n) is 8.31. The van der Waals surface area contributed by atoms with Crippen LogP contribution in [0.2, 0.25) is 0 Å². The van der Waals surface area contributed by atoms with Gasteiger partial charge in [0.2, 0.25) is 0 Å². The second-order valence-electron chi connectivity index (χ2n) is 15.9. The molecule has 0 bridgehead atoms. The van der Waals surface area contributed by atoms with Gasteiger partial charge in [0.25, 0.3) is 0 Å². The smallest absolute Gasteiger partial charge is 0.119 e. The average molecular weight is 561 g/mol. The van der Waals surface area contributed by atoms with Crippen LogP contribution in [0.3, 0.4) is 0 Å². The molecule has 0 radical (unpaired) electrons. The van der Waals surface area contributed by atoms with Crippen molar-refractivity contribution < 1.29 is 10.2 Å². The first-order valence-corrected chi connectivity index (χ1v) is 17.0. The van der Waals surface area contributed by atoms with Gasteiger partial charge in [-0.2, -0.15) is 0 Å². The van der Waals surface area contributed by atoms with Gasteiger partial charge in [-0.25, -0.2) is 0 Å². The first-order chi connectivity index (χ1) is 19.3. The SMILES string of the molecule is CC(C)CCCCCCc1cc2c(cc1O)C1(CC2(C)C)CC(C)(C)c2cc(CCCCCCC(C)C)c(O)cc21. The fraction of sp³-hybridized carbons (Fsp3) is 0.692. The highest BCUT2D eigenvalue weighted by Gasteiger charge is 2.56. The van der Waals surface area contributed by atoms with Crippen LogP contribution in [0.5, 0.6) is 11.5 Å². The van der Waals surface area contributed by atoms with Crippen molar-refractivity contribution in [2.24, 2.45) is 11.8 Å². The fourth-order valence-corrected chi connectivity index (χ4v) is 8.31. The van der Waals surface area contributed by atoms with E-state index in [4.69, 9.17) is 0 Å². The maximum absolute atomic E-state index is 11.3. The van der Waals surface area contributed by atoms with E-state index in [0.717, 1.165) is 61.5 Å². The topological polar surface area (TPSA) is 40.5 Å². The Hall–Kier alpha value is -1.96. The summed E-state index contributed by atoms with van der Waals surface area (Å²) in [5, 5.41) is 22.6. The molecule has 0 saturated carbocycles. The molecule has 2 aliphatic carbocycles. The van der Waals surface area contributed by atoms with E-state index in [1.165, 1.54) is 73.6 Å². The molecule has 0 amide bonds. The van der Waals surface area contributed by atoms with E-state index < -0.39 is 0 Å². The molecule has 2 aromatic carbocycles. The number of benzene rings is 2. The zero-order chi connectivity index (χ0) is 30.0. The Morgan fingerprint density at radius 3 is 1.27 bits per heavy atom. The number of phenols is 2. The van der Waals surface area contributed by atoms with Gasteiger partial charge in [0.15, 0.2) is 0 Å². The van der Waals surface area contributed by atoms with Gasteiger partial charge in [-0.05, 0) is 107 Å². The minimum Gasteiger partial charge on any atom is -0.508 e. The lowest BCUT2D eigenvalue weighted by atomic mass is 9.72. The molecular weight excluding hydrogens is 500 g/mol. The van der Waals surface area contributed by atoms with Crippen molar-refractivity contribution in [3.05, 3.63) is 57.6 Å². The van der Waals surface area contributed by atoms with E-state index >= 15 is 0 Å². The summed E-state index contributed by atoms with van der Waals surface area (Å²) in [6.45, 7) is 18.7. The van der Waals surface area contributed by atoms with Gasteiger partial charge in [-0.3, -0.25) is 0 Å². The third-order valence-electron chi connectivity index (χ3n) is 10.4. The molecule has 0 unspecified atom stereocenters. The summed E-state index contributed by atoms with van der Waals surface area (Å²) in [7, 11) is 0. The van der Waals surface area contributed by atoms with Crippen molar-refractivity contribution >= 4 is 0 Å². The maximum atomic E-state index is 11.3. The number of rotatable bonds is 14. The van der Waals surface area contributed by atoms with E-state index in [9.17, 15) is 10.2 Å². The maximum Gasteiger partial charge on any atom is 0.119 e. The van der Waals surface area contributed by atoms with Crippen LogP contribution in [0.15, 0.2) is 24.3 Å². The van der Waals surface area contributed by atoms with E-state index in [2.05, 4.69) is 79.7 Å². The Balaban J connectivity index is 1.55. The summed E-state index contributed by atoms with van der Waals surface area (Å²) in [5.74, 6) is 2.50. The van der Waals surface area contributed by atoms with Gasteiger partial charge >= 0.3 is 0 Å². The van der Waals surface area contributed by atoms with Crippen LogP contribution in [-0.2, 0) is 29.1 Å². The highest BCUT2D eigenvalue weighted by atomic mass is 16.3. The van der Waals surface area contributed by atoms with Crippen molar-refractivity contribution in [2.75, 3.05) is 0 Å². The van der Waals surface area contributed by atoms with E-state index in [0.29, 0.717) is 11.5 Å². The Kier molecular flexibility index (Phi) is 9.92. The molecule has 0 saturated heterocycles. The molecule has 0 aromatic heterocycles. The van der Waals surface area contributed by atoms with Crippen molar-refractivity contribution in [1.29, 1.82) is 0 Å². The lowest BCUT2D eigenvalue weighted by molar-refractivity contribution is 0.348. The lowest BCUT2D eigenvalue weighted by Gasteiger charge is -2.30. The normalized spacial score (nSPS) is 18.0. The number of hydrogen-bond donors (Lipinski definition) is 2. The van der Waals surface area contributed by atoms with Gasteiger partial charge in [-0.1, -0.05) is 119 Å². The number of phenolic OH excluding ortho intramolecular Hbond substituents is 2. The Bertz CT molecular complexity index is 1090. The average Bonchev–Trinajstić information content (AvgIpc) is 3.21. The lowest BCUT2D eigenvalue weighted by Crippen LogP contribution is -2.26. The number of unbranched alkanes of at least 4 members (excludes halogenated alkanes) is 6. The minimum atomic E-state index is -0.155. The molecule has 0 heterocycles. The second-order valence-corrected chi connectivity index (χ2v) is 15.9. The van der Waals surface area contributed by atoms with E-state index in [1.54, 1.807) is 0 Å². The van der Waals surface area contributed by atoms with Crippen LogP contribution in [0.1, 0.15) is 166 Å². The Morgan fingerprint density at radius 2 is 0.902 bits per heavy atom. The van der Waals surface area contributed by atoms with Gasteiger partial charge in [-0.15, -0.1) is 0 Å². The number of aromatic hydroxyl groups is 2. The zero-order valence-electron chi connectivity index (χ0n) is 27.8. The molecule has 2 heteroatoms. The quantitative estimate of drug-likeness (QED) is 0.226. The van der Waals surface area contributed by atoms with Gasteiger partial charge in [0.1, 0.15) is 11.5 Å². The first kappa shape index (κ1) is 32.0. The third-order valence-corrected chi connectivity index (χ3v) is 10.4. The number of fused-ring (bicyclic) bond motifs is 4. The van der Waals surface area contributed by atoms with Gasteiger partial charge < -0.3 is 10.2 Å². The Morgan fingerprint density at radius 1 is 0.537 bits per heavy atom. The van der Waals surface area contributed by atoms with Crippen molar-refractivity contribution in [2.45, 2.75) is 162 Å². The summed E-state index contributed by atoms with van der Waals surface area (Å²) in [4.78, 5) is 0. The van der Waals surface area contributed by atoms with Crippen LogP contribution in [0.25, 0.3) is 0 Å². The van der Waals surface area contributed by atoms with Crippen molar-refractivity contribution in [3.63, 3.8) is 0 Å². The Labute approximate surface area is 252 Å². The molecule has 0 atom stereocenters. The van der Waals surface area contributed by atoms with Crippen molar-refractivity contribution in [3.8, 4) is 11.5 Å². The van der Waals surface area contributed by atoms with E-state index in [1.807, 2.05) is 0 Å². The summed E-state index contributed by atoms with van der Waals surface area (Å²) in [6, 6.07) is 8.91. The van der Waals surface area contributed by atoms with Crippen LogP contribution >= 0.6 is 0 Å². The van der Waals surface area contributed by atoms with Crippen LogP contribution in [-0.4, -0.2) is 10.2 Å². The predicted molar refractivity (Wildman–Crippen MR) is 176 cm³/mol. The molecule has 2 aliphatic rings. The summed E-state index contributed by atoms with van der Waals surface area (Å²) in [6.07, 6.45) is 16.5. The van der Waals surface area contributed by atoms with E-state index in [-0.39, 0.29) is 16.2 Å². The predicted octanol–water partition coefficient (Wildman–Crippen LogP) is 11.0. The van der Waals surface area contributed by atoms with Crippen LogP contribution < -0.4 is 0 Å². The minimum absolute atomic E-state index is 0.0248. The molecule has 228 valence electrons. The van der Waals surface area contributed by atoms with Gasteiger partial charge in [0, 0.05) is 5.41 Å². The number of aryl methyl sites for hydroxylation is 2. The summed E-state index contributed by atoms with van der Waals surface area (Å²) >= 11 is 0. The molecule has 2 nitrogen and oxygen atoms in total. The number of hydrogen-bond acceptors (Lipinski definition) is 2. The van der Waals surface area contributed by atoms with Crippen molar-refractivity contribution in [1.82, 2.24) is 0 Å². The van der Waals surface area contributed by atoms with Crippen LogP contribution in [0.4, 0.5) is 0 Å². The molecule has 0 fully saturated rings. The second kappa shape index (κ2) is 12.7. The summed E-state index contributed by atoms with van der Waals surface area (Å²) < 4.78 is 0. The highest BCUT2D eigenvalue weighted by molar-refractivity contribution is 5.63. The summed E-state index contributed by atoms with van der Waals surface area (Å²) in [5.41, 5.74) is 7.52.